The van der Waals surface area contributed by atoms with Gasteiger partial charge in [0.25, 0.3) is 0 Å². The lowest BCUT2D eigenvalue weighted by molar-refractivity contribution is 0.292. The zero-order chi connectivity index (χ0) is 10.5. The summed E-state index contributed by atoms with van der Waals surface area (Å²) in [5.41, 5.74) is 6.76. The first-order valence-corrected chi connectivity index (χ1v) is 5.52. The van der Waals surface area contributed by atoms with Gasteiger partial charge < -0.3 is 10.5 Å². The summed E-state index contributed by atoms with van der Waals surface area (Å²) >= 11 is 0. The Morgan fingerprint density at radius 3 is 2.53 bits per heavy atom. The molecule has 1 aromatic rings. The van der Waals surface area contributed by atoms with Crippen LogP contribution < -0.4 is 10.5 Å². The third kappa shape index (κ3) is 3.53. The second-order valence-electron chi connectivity index (χ2n) is 3.87. The van der Waals surface area contributed by atoms with Crippen molar-refractivity contribution in [3.05, 3.63) is 29.8 Å². The van der Waals surface area contributed by atoms with Crippen molar-refractivity contribution in [3.63, 3.8) is 0 Å². The lowest BCUT2D eigenvalue weighted by atomic mass is 10.1. The third-order valence-electron chi connectivity index (χ3n) is 2.57. The molecule has 0 atom stereocenters. The number of hydrogen-bond acceptors (Lipinski definition) is 3. The summed E-state index contributed by atoms with van der Waals surface area (Å²) < 4.78 is 5.62. The van der Waals surface area contributed by atoms with Crippen molar-refractivity contribution in [3.8, 4) is 5.75 Å². The highest BCUT2D eigenvalue weighted by Gasteiger charge is 2.15. The fraction of sp³-hybridized carbons (Fsp3) is 0.500. The molecule has 0 unspecified atom stereocenters. The van der Waals surface area contributed by atoms with Gasteiger partial charge in [0.15, 0.2) is 0 Å². The smallest absolute Gasteiger partial charge is 0.119 e. The van der Waals surface area contributed by atoms with Crippen molar-refractivity contribution >= 4 is 0 Å². The molecule has 1 heterocycles. The maximum absolute atomic E-state index is 5.62. The molecule has 0 radical (unpaired) electrons. The molecular formula is C12H18N2O. The van der Waals surface area contributed by atoms with E-state index in [9.17, 15) is 0 Å². The molecule has 2 rings (SSSR count). The van der Waals surface area contributed by atoms with Crippen molar-refractivity contribution in [2.75, 3.05) is 32.8 Å². The number of benzene rings is 1. The molecule has 82 valence electrons. The Balaban J connectivity index is 1.75. The normalized spacial score (nSPS) is 15.3. The van der Waals surface area contributed by atoms with E-state index in [4.69, 9.17) is 10.5 Å². The average Bonchev–Trinajstić information content (AvgIpc) is 3.05. The summed E-state index contributed by atoms with van der Waals surface area (Å²) in [5.74, 6) is 0.956. The maximum Gasteiger partial charge on any atom is 0.119 e. The molecule has 1 fully saturated rings. The minimum atomic E-state index is 0.704. The van der Waals surface area contributed by atoms with Gasteiger partial charge in [0, 0.05) is 19.6 Å². The van der Waals surface area contributed by atoms with E-state index in [-0.39, 0.29) is 0 Å². The summed E-state index contributed by atoms with van der Waals surface area (Å²) in [7, 11) is 0. The van der Waals surface area contributed by atoms with Crippen molar-refractivity contribution in [2.24, 2.45) is 5.73 Å². The van der Waals surface area contributed by atoms with Crippen LogP contribution in [0.25, 0.3) is 0 Å². The first-order valence-electron chi connectivity index (χ1n) is 5.52. The van der Waals surface area contributed by atoms with Gasteiger partial charge in [-0.05, 0) is 30.7 Å². The van der Waals surface area contributed by atoms with E-state index in [1.807, 2.05) is 12.1 Å². The number of nitrogens with two attached hydrogens (primary N) is 1. The van der Waals surface area contributed by atoms with Crippen LogP contribution >= 0.6 is 0 Å². The standard InChI is InChI=1S/C12H18N2O/c13-6-5-11-1-3-12(4-2-11)15-10-9-14-7-8-14/h1-4H,5-10,13H2. The minimum Gasteiger partial charge on any atom is -0.492 e. The van der Waals surface area contributed by atoms with Crippen molar-refractivity contribution < 1.29 is 4.74 Å². The van der Waals surface area contributed by atoms with Gasteiger partial charge in [-0.1, -0.05) is 12.1 Å². The molecule has 1 aromatic carbocycles. The van der Waals surface area contributed by atoms with Crippen LogP contribution in [-0.4, -0.2) is 37.7 Å². The molecule has 3 heteroatoms. The molecule has 0 aliphatic carbocycles. The maximum atomic E-state index is 5.62. The molecule has 15 heavy (non-hydrogen) atoms. The Morgan fingerprint density at radius 2 is 1.93 bits per heavy atom. The van der Waals surface area contributed by atoms with Gasteiger partial charge in [-0.3, -0.25) is 4.90 Å². The molecule has 2 N–H and O–H groups in total. The Bertz CT molecular complexity index is 293. The molecule has 1 aliphatic heterocycles. The van der Waals surface area contributed by atoms with E-state index in [0.29, 0.717) is 6.54 Å². The van der Waals surface area contributed by atoms with E-state index >= 15 is 0 Å². The number of ether oxygens (including phenoxy) is 1. The van der Waals surface area contributed by atoms with Crippen LogP contribution in [0.3, 0.4) is 0 Å². The first kappa shape index (κ1) is 10.5. The number of rotatable bonds is 6. The van der Waals surface area contributed by atoms with Crippen LogP contribution in [0.4, 0.5) is 0 Å². The predicted octanol–water partition coefficient (Wildman–Crippen LogP) is 0.882. The monoisotopic (exact) mass is 206 g/mol. The second-order valence-corrected chi connectivity index (χ2v) is 3.87. The predicted molar refractivity (Wildman–Crippen MR) is 61.1 cm³/mol. The molecular weight excluding hydrogens is 188 g/mol. The second kappa shape index (κ2) is 5.14. The molecule has 3 nitrogen and oxygen atoms in total. The number of hydrogen-bond donors (Lipinski definition) is 1. The summed E-state index contributed by atoms with van der Waals surface area (Å²) in [4.78, 5) is 2.35. The van der Waals surface area contributed by atoms with Crippen LogP contribution in [0.1, 0.15) is 5.56 Å². The minimum absolute atomic E-state index is 0.704. The summed E-state index contributed by atoms with van der Waals surface area (Å²) in [6, 6.07) is 8.21. The van der Waals surface area contributed by atoms with Crippen molar-refractivity contribution in [1.29, 1.82) is 0 Å². The lowest BCUT2D eigenvalue weighted by Gasteiger charge is -2.07. The van der Waals surface area contributed by atoms with E-state index in [0.717, 1.165) is 25.3 Å². The van der Waals surface area contributed by atoms with Crippen LogP contribution in [0.5, 0.6) is 5.75 Å². The highest BCUT2D eigenvalue weighted by Crippen LogP contribution is 2.12. The van der Waals surface area contributed by atoms with Gasteiger partial charge in [0.1, 0.15) is 12.4 Å². The van der Waals surface area contributed by atoms with Gasteiger partial charge in [-0.25, -0.2) is 0 Å². The molecule has 1 aliphatic rings. The summed E-state index contributed by atoms with van der Waals surface area (Å²) in [6.45, 7) is 5.01. The van der Waals surface area contributed by atoms with Crippen LogP contribution in [0.15, 0.2) is 24.3 Å². The molecule has 1 saturated heterocycles. The molecule has 0 spiro atoms. The van der Waals surface area contributed by atoms with Crippen LogP contribution in [0.2, 0.25) is 0 Å². The first-order chi connectivity index (χ1) is 7.38. The average molecular weight is 206 g/mol. The Morgan fingerprint density at radius 1 is 1.20 bits per heavy atom. The fourth-order valence-electron chi connectivity index (χ4n) is 1.51. The Labute approximate surface area is 90.8 Å². The van der Waals surface area contributed by atoms with Gasteiger partial charge >= 0.3 is 0 Å². The van der Waals surface area contributed by atoms with Gasteiger partial charge in [-0.15, -0.1) is 0 Å². The molecule has 0 aromatic heterocycles. The zero-order valence-electron chi connectivity index (χ0n) is 8.98. The van der Waals surface area contributed by atoms with Crippen molar-refractivity contribution in [2.45, 2.75) is 6.42 Å². The van der Waals surface area contributed by atoms with Gasteiger partial charge in [0.2, 0.25) is 0 Å². The molecule has 0 saturated carbocycles. The Kier molecular flexibility index (Phi) is 3.59. The van der Waals surface area contributed by atoms with E-state index < -0.39 is 0 Å². The zero-order valence-corrected chi connectivity index (χ0v) is 8.98. The highest BCUT2D eigenvalue weighted by molar-refractivity contribution is 5.27. The Hall–Kier alpha value is -1.06. The van der Waals surface area contributed by atoms with Gasteiger partial charge in [0.05, 0.1) is 0 Å². The topological polar surface area (TPSA) is 38.3 Å². The lowest BCUT2D eigenvalue weighted by Crippen LogP contribution is -2.10. The summed E-state index contributed by atoms with van der Waals surface area (Å²) in [6.07, 6.45) is 0.939. The largest absolute Gasteiger partial charge is 0.492 e. The van der Waals surface area contributed by atoms with Gasteiger partial charge in [-0.2, -0.15) is 0 Å². The van der Waals surface area contributed by atoms with E-state index in [2.05, 4.69) is 17.0 Å². The summed E-state index contributed by atoms with van der Waals surface area (Å²) in [5, 5.41) is 0. The van der Waals surface area contributed by atoms with Crippen molar-refractivity contribution in [1.82, 2.24) is 4.90 Å². The number of nitrogens with zero attached hydrogens (tertiary/aromatic N) is 1. The van der Waals surface area contributed by atoms with E-state index in [1.54, 1.807) is 0 Å². The van der Waals surface area contributed by atoms with Crippen LogP contribution in [0, 0.1) is 0 Å². The fourth-order valence-corrected chi connectivity index (χ4v) is 1.51. The van der Waals surface area contributed by atoms with Crippen LogP contribution in [-0.2, 0) is 6.42 Å². The SMILES string of the molecule is NCCc1ccc(OCCN2CC2)cc1. The third-order valence-corrected chi connectivity index (χ3v) is 2.57. The van der Waals surface area contributed by atoms with E-state index in [1.165, 1.54) is 18.7 Å². The molecule has 0 amide bonds. The highest BCUT2D eigenvalue weighted by atomic mass is 16.5. The quantitative estimate of drug-likeness (QED) is 0.702. The molecule has 0 bridgehead atoms.